The first kappa shape index (κ1) is 17.4. The molecule has 6 nitrogen and oxygen atoms in total. The predicted molar refractivity (Wildman–Crippen MR) is 101 cm³/mol. The van der Waals surface area contributed by atoms with E-state index in [4.69, 9.17) is 0 Å². The molecule has 6 heteroatoms. The normalized spacial score (nSPS) is 10.5. The van der Waals surface area contributed by atoms with Crippen molar-refractivity contribution in [3.05, 3.63) is 92.8 Å². The van der Waals surface area contributed by atoms with Gasteiger partial charge in [-0.05, 0) is 43.2 Å². The Kier molecular flexibility index (Phi) is 4.84. The van der Waals surface area contributed by atoms with Crippen molar-refractivity contribution in [2.45, 2.75) is 20.4 Å². The van der Waals surface area contributed by atoms with Crippen molar-refractivity contribution >= 4 is 11.6 Å². The summed E-state index contributed by atoms with van der Waals surface area (Å²) < 4.78 is 2.41. The van der Waals surface area contributed by atoms with Crippen molar-refractivity contribution in [1.82, 2.24) is 9.13 Å². The van der Waals surface area contributed by atoms with Crippen LogP contribution in [0.3, 0.4) is 0 Å². The fraction of sp³-hybridized carbons (Fsp3) is 0.150. The minimum absolute atomic E-state index is 0.226. The van der Waals surface area contributed by atoms with E-state index in [1.807, 2.05) is 44.2 Å². The molecule has 0 aliphatic carbocycles. The largest absolute Gasteiger partial charge is 0.325 e. The summed E-state index contributed by atoms with van der Waals surface area (Å²) >= 11 is 0. The number of aromatic nitrogens is 2. The number of carbonyl (C=O) groups excluding carboxylic acids is 1. The van der Waals surface area contributed by atoms with Gasteiger partial charge in [-0.1, -0.05) is 30.3 Å². The topological polar surface area (TPSA) is 73.1 Å². The molecule has 1 N–H and O–H groups in total. The molecule has 0 radical (unpaired) electrons. The molecule has 0 bridgehead atoms. The van der Waals surface area contributed by atoms with E-state index in [2.05, 4.69) is 5.32 Å². The number of carbonyl (C=O) groups is 1. The van der Waals surface area contributed by atoms with Crippen LogP contribution in [-0.2, 0) is 11.3 Å². The molecule has 0 unspecified atom stereocenters. The van der Waals surface area contributed by atoms with Gasteiger partial charge in [-0.3, -0.25) is 23.5 Å². The smallest absolute Gasteiger partial charge is 0.320 e. The van der Waals surface area contributed by atoms with Crippen LogP contribution >= 0.6 is 0 Å². The third-order valence-corrected chi connectivity index (χ3v) is 4.05. The molecule has 0 aliphatic heterocycles. The van der Waals surface area contributed by atoms with Crippen molar-refractivity contribution < 1.29 is 4.79 Å². The average molecular weight is 349 g/mol. The van der Waals surface area contributed by atoms with E-state index in [1.54, 1.807) is 18.2 Å². The van der Waals surface area contributed by atoms with Crippen LogP contribution < -0.4 is 16.4 Å². The molecule has 0 fully saturated rings. The molecule has 26 heavy (non-hydrogen) atoms. The Morgan fingerprint density at radius 2 is 1.73 bits per heavy atom. The Balaban J connectivity index is 1.85. The van der Waals surface area contributed by atoms with Crippen LogP contribution in [0.1, 0.15) is 11.1 Å². The minimum atomic E-state index is -0.741. The van der Waals surface area contributed by atoms with Gasteiger partial charge < -0.3 is 5.32 Å². The lowest BCUT2D eigenvalue weighted by Gasteiger charge is -2.11. The Morgan fingerprint density at radius 3 is 2.46 bits per heavy atom. The van der Waals surface area contributed by atoms with Gasteiger partial charge in [0.15, 0.2) is 0 Å². The van der Waals surface area contributed by atoms with Gasteiger partial charge in [0.05, 0.1) is 5.69 Å². The highest BCUT2D eigenvalue weighted by Gasteiger charge is 2.11. The highest BCUT2D eigenvalue weighted by molar-refractivity contribution is 5.90. The summed E-state index contributed by atoms with van der Waals surface area (Å²) in [7, 11) is 0. The highest BCUT2D eigenvalue weighted by atomic mass is 16.2. The second-order valence-corrected chi connectivity index (χ2v) is 6.11. The standard InChI is InChI=1S/C20H19N3O3/c1-14-6-5-8-16(12-14)21-18(24)13-22-10-11-23(20(26)19(22)25)17-9-4-3-7-15(17)2/h3-12H,13H2,1-2H3,(H,21,24). The summed E-state index contributed by atoms with van der Waals surface area (Å²) in [6.45, 7) is 3.56. The zero-order valence-corrected chi connectivity index (χ0v) is 14.6. The van der Waals surface area contributed by atoms with E-state index in [0.29, 0.717) is 11.4 Å². The fourth-order valence-electron chi connectivity index (χ4n) is 2.73. The van der Waals surface area contributed by atoms with E-state index in [9.17, 15) is 14.4 Å². The van der Waals surface area contributed by atoms with E-state index < -0.39 is 11.1 Å². The number of amides is 1. The van der Waals surface area contributed by atoms with Gasteiger partial charge in [-0.2, -0.15) is 0 Å². The van der Waals surface area contributed by atoms with E-state index >= 15 is 0 Å². The fourth-order valence-corrected chi connectivity index (χ4v) is 2.73. The van der Waals surface area contributed by atoms with Gasteiger partial charge in [0.2, 0.25) is 5.91 Å². The first-order valence-electron chi connectivity index (χ1n) is 8.20. The first-order chi connectivity index (χ1) is 12.5. The van der Waals surface area contributed by atoms with Crippen LogP contribution in [0.5, 0.6) is 0 Å². The molecule has 3 rings (SSSR count). The Bertz CT molecular complexity index is 1080. The molecule has 0 saturated carbocycles. The number of rotatable bonds is 4. The van der Waals surface area contributed by atoms with E-state index in [0.717, 1.165) is 15.7 Å². The van der Waals surface area contributed by atoms with Crippen LogP contribution in [0.2, 0.25) is 0 Å². The Morgan fingerprint density at radius 1 is 0.962 bits per heavy atom. The first-order valence-corrected chi connectivity index (χ1v) is 8.20. The molecule has 0 atom stereocenters. The van der Waals surface area contributed by atoms with Crippen LogP contribution in [0.4, 0.5) is 5.69 Å². The molecular weight excluding hydrogens is 330 g/mol. The number of hydrogen-bond donors (Lipinski definition) is 1. The van der Waals surface area contributed by atoms with Crippen molar-refractivity contribution in [1.29, 1.82) is 0 Å². The monoisotopic (exact) mass is 349 g/mol. The van der Waals surface area contributed by atoms with Crippen molar-refractivity contribution in [3.8, 4) is 5.69 Å². The maximum atomic E-state index is 12.4. The Labute approximate surface area is 150 Å². The lowest BCUT2D eigenvalue weighted by molar-refractivity contribution is -0.116. The van der Waals surface area contributed by atoms with Crippen LogP contribution in [0, 0.1) is 13.8 Å². The maximum Gasteiger partial charge on any atom is 0.320 e. The van der Waals surface area contributed by atoms with Crippen molar-refractivity contribution in [3.63, 3.8) is 0 Å². The molecule has 1 heterocycles. The summed E-state index contributed by atoms with van der Waals surface area (Å²) in [6.07, 6.45) is 2.96. The third kappa shape index (κ3) is 3.64. The highest BCUT2D eigenvalue weighted by Crippen LogP contribution is 2.11. The zero-order chi connectivity index (χ0) is 18.7. The van der Waals surface area contributed by atoms with Crippen LogP contribution in [0.15, 0.2) is 70.5 Å². The molecular formula is C20H19N3O3. The van der Waals surface area contributed by atoms with Gasteiger partial charge in [-0.25, -0.2) is 0 Å². The van der Waals surface area contributed by atoms with E-state index in [1.165, 1.54) is 17.0 Å². The molecule has 132 valence electrons. The summed E-state index contributed by atoms with van der Waals surface area (Å²) in [4.78, 5) is 37.0. The maximum absolute atomic E-state index is 12.4. The van der Waals surface area contributed by atoms with Gasteiger partial charge in [0, 0.05) is 18.1 Å². The molecule has 0 saturated heterocycles. The SMILES string of the molecule is Cc1cccc(NC(=O)Cn2ccn(-c3ccccc3C)c(=O)c2=O)c1. The summed E-state index contributed by atoms with van der Waals surface area (Å²) in [5.41, 5.74) is 1.76. The zero-order valence-electron chi connectivity index (χ0n) is 14.6. The number of nitrogens with zero attached hydrogens (tertiary/aromatic N) is 2. The number of anilines is 1. The second-order valence-electron chi connectivity index (χ2n) is 6.11. The minimum Gasteiger partial charge on any atom is -0.325 e. The third-order valence-electron chi connectivity index (χ3n) is 4.05. The number of nitrogens with one attached hydrogen (secondary N) is 1. The van der Waals surface area contributed by atoms with Gasteiger partial charge in [-0.15, -0.1) is 0 Å². The molecule has 1 aromatic heterocycles. The molecule has 0 aliphatic rings. The summed E-state index contributed by atoms with van der Waals surface area (Å²) in [5.74, 6) is -0.370. The van der Waals surface area contributed by atoms with Gasteiger partial charge >= 0.3 is 11.1 Å². The number of para-hydroxylation sites is 1. The van der Waals surface area contributed by atoms with Crippen molar-refractivity contribution in [2.24, 2.45) is 0 Å². The number of benzene rings is 2. The Hall–Kier alpha value is -3.41. The lowest BCUT2D eigenvalue weighted by atomic mass is 10.2. The predicted octanol–water partition coefficient (Wildman–Crippen LogP) is 2.25. The molecule has 2 aromatic carbocycles. The quantitative estimate of drug-likeness (QED) is 0.734. The van der Waals surface area contributed by atoms with Crippen LogP contribution in [0.25, 0.3) is 5.69 Å². The number of hydrogen-bond acceptors (Lipinski definition) is 3. The lowest BCUT2D eigenvalue weighted by Crippen LogP contribution is -2.41. The van der Waals surface area contributed by atoms with E-state index in [-0.39, 0.29) is 12.5 Å². The molecule has 0 spiro atoms. The summed E-state index contributed by atoms with van der Waals surface area (Å²) in [6, 6.07) is 14.6. The van der Waals surface area contributed by atoms with Crippen molar-refractivity contribution in [2.75, 3.05) is 5.32 Å². The average Bonchev–Trinajstić information content (AvgIpc) is 2.60. The van der Waals surface area contributed by atoms with Gasteiger partial charge in [0.25, 0.3) is 0 Å². The van der Waals surface area contributed by atoms with Crippen LogP contribution in [-0.4, -0.2) is 15.0 Å². The molecule has 1 amide bonds. The van der Waals surface area contributed by atoms with Gasteiger partial charge in [0.1, 0.15) is 6.54 Å². The molecule has 3 aromatic rings. The second kappa shape index (κ2) is 7.23. The summed E-state index contributed by atoms with van der Waals surface area (Å²) in [5, 5.41) is 2.73. The number of aryl methyl sites for hydroxylation is 2.